The molecular formula is C17H20N2O3S2. The minimum atomic E-state index is -3.65. The molecule has 0 spiro atoms. The lowest BCUT2D eigenvalue weighted by atomic mass is 10.1. The molecule has 0 saturated heterocycles. The van der Waals surface area contributed by atoms with Crippen molar-refractivity contribution in [3.8, 4) is 0 Å². The number of thiophene rings is 1. The number of benzene rings is 1. The van der Waals surface area contributed by atoms with E-state index in [2.05, 4.69) is 10.0 Å². The number of carbonyl (C=O) groups is 1. The van der Waals surface area contributed by atoms with Crippen LogP contribution in [0, 0.1) is 5.92 Å². The molecule has 3 rings (SSSR count). The lowest BCUT2D eigenvalue weighted by molar-refractivity contribution is 0.0935. The smallest absolute Gasteiger partial charge is 0.251 e. The molecule has 1 amide bonds. The van der Waals surface area contributed by atoms with Gasteiger partial charge >= 0.3 is 0 Å². The third-order valence-electron chi connectivity index (χ3n) is 4.11. The first kappa shape index (κ1) is 17.1. The number of amides is 1. The van der Waals surface area contributed by atoms with Gasteiger partial charge in [-0.05, 0) is 55.3 Å². The first-order valence-electron chi connectivity index (χ1n) is 7.89. The molecule has 1 heterocycles. The third-order valence-corrected chi connectivity index (χ3v) is 6.39. The number of rotatable bonds is 7. The summed E-state index contributed by atoms with van der Waals surface area (Å²) in [4.78, 5) is 13.3. The highest BCUT2D eigenvalue weighted by Crippen LogP contribution is 2.32. The lowest BCUT2D eigenvalue weighted by Gasteiger charge is -2.13. The zero-order valence-corrected chi connectivity index (χ0v) is 15.0. The fraction of sp³-hybridized carbons (Fsp3) is 0.353. The molecule has 2 N–H and O–H groups in total. The van der Waals surface area contributed by atoms with Gasteiger partial charge in [-0.25, -0.2) is 13.1 Å². The summed E-state index contributed by atoms with van der Waals surface area (Å²) in [7, 11) is -3.65. The summed E-state index contributed by atoms with van der Waals surface area (Å²) in [5, 5.41) is 4.84. The van der Waals surface area contributed by atoms with Crippen molar-refractivity contribution in [2.75, 3.05) is 0 Å². The van der Waals surface area contributed by atoms with Crippen LogP contribution in [0.3, 0.4) is 0 Å². The molecular weight excluding hydrogens is 344 g/mol. The fourth-order valence-corrected chi connectivity index (χ4v) is 4.26. The second-order valence-electron chi connectivity index (χ2n) is 6.03. The van der Waals surface area contributed by atoms with Gasteiger partial charge in [0, 0.05) is 23.0 Å². The van der Waals surface area contributed by atoms with E-state index in [0.717, 1.165) is 17.7 Å². The van der Waals surface area contributed by atoms with Gasteiger partial charge < -0.3 is 5.32 Å². The lowest BCUT2D eigenvalue weighted by Crippen LogP contribution is -2.34. The van der Waals surface area contributed by atoms with Gasteiger partial charge in [-0.15, -0.1) is 11.3 Å². The van der Waals surface area contributed by atoms with E-state index < -0.39 is 10.0 Å². The van der Waals surface area contributed by atoms with E-state index in [4.69, 9.17) is 0 Å². The van der Waals surface area contributed by atoms with E-state index in [0.29, 0.717) is 11.5 Å². The molecule has 5 nitrogen and oxygen atoms in total. The SMILES string of the molecule is CC(NC(=O)c1cccc(S(=O)(=O)NCc2cccs2)c1)C1CC1. The van der Waals surface area contributed by atoms with Crippen molar-refractivity contribution in [2.24, 2.45) is 5.92 Å². The van der Waals surface area contributed by atoms with Crippen LogP contribution in [0.2, 0.25) is 0 Å². The summed E-state index contributed by atoms with van der Waals surface area (Å²) in [6, 6.07) is 10.0. The molecule has 1 aromatic heterocycles. The molecule has 1 aliphatic carbocycles. The van der Waals surface area contributed by atoms with Crippen LogP contribution < -0.4 is 10.0 Å². The van der Waals surface area contributed by atoms with Gasteiger partial charge in [-0.3, -0.25) is 4.79 Å². The predicted octanol–water partition coefficient (Wildman–Crippen LogP) is 2.75. The maximum Gasteiger partial charge on any atom is 0.251 e. The van der Waals surface area contributed by atoms with Crippen LogP contribution >= 0.6 is 11.3 Å². The average Bonchev–Trinajstić information content (AvgIpc) is 3.30. The highest BCUT2D eigenvalue weighted by molar-refractivity contribution is 7.89. The van der Waals surface area contributed by atoms with Crippen molar-refractivity contribution in [3.05, 3.63) is 52.2 Å². The van der Waals surface area contributed by atoms with Crippen LogP contribution in [-0.4, -0.2) is 20.4 Å². The third kappa shape index (κ3) is 4.23. The second kappa shape index (κ2) is 7.04. The molecule has 2 aromatic rings. The number of hydrogen-bond donors (Lipinski definition) is 2. The summed E-state index contributed by atoms with van der Waals surface area (Å²) in [6.07, 6.45) is 2.28. The Hall–Kier alpha value is -1.70. The highest BCUT2D eigenvalue weighted by Gasteiger charge is 2.29. The first-order chi connectivity index (χ1) is 11.5. The van der Waals surface area contributed by atoms with Gasteiger partial charge in [-0.2, -0.15) is 0 Å². The number of hydrogen-bond acceptors (Lipinski definition) is 4. The van der Waals surface area contributed by atoms with Crippen molar-refractivity contribution in [1.82, 2.24) is 10.0 Å². The first-order valence-corrected chi connectivity index (χ1v) is 10.2. The molecule has 1 unspecified atom stereocenters. The van der Waals surface area contributed by atoms with Gasteiger partial charge in [-0.1, -0.05) is 12.1 Å². The largest absolute Gasteiger partial charge is 0.349 e. The fourth-order valence-electron chi connectivity index (χ4n) is 2.47. The van der Waals surface area contributed by atoms with Crippen LogP contribution in [0.15, 0.2) is 46.7 Å². The summed E-state index contributed by atoms with van der Waals surface area (Å²) in [6.45, 7) is 2.23. The van der Waals surface area contributed by atoms with Gasteiger partial charge in [0.25, 0.3) is 5.91 Å². The monoisotopic (exact) mass is 364 g/mol. The summed E-state index contributed by atoms with van der Waals surface area (Å²) in [5.74, 6) is 0.318. The zero-order chi connectivity index (χ0) is 17.2. The molecule has 1 saturated carbocycles. The van der Waals surface area contributed by atoms with Crippen molar-refractivity contribution in [3.63, 3.8) is 0 Å². The standard InChI is InChI=1S/C17H20N2O3S2/c1-12(13-7-8-13)19-17(20)14-4-2-6-16(10-14)24(21,22)18-11-15-5-3-9-23-15/h2-6,9-10,12-13,18H,7-8,11H2,1H3,(H,19,20). The quantitative estimate of drug-likeness (QED) is 0.793. The minimum absolute atomic E-state index is 0.103. The molecule has 24 heavy (non-hydrogen) atoms. The topological polar surface area (TPSA) is 75.3 Å². The van der Waals surface area contributed by atoms with E-state index >= 15 is 0 Å². The molecule has 128 valence electrons. The van der Waals surface area contributed by atoms with Gasteiger partial charge in [0.15, 0.2) is 0 Å². The van der Waals surface area contributed by atoms with Crippen LogP contribution in [0.5, 0.6) is 0 Å². The number of carbonyl (C=O) groups excluding carboxylic acids is 1. The van der Waals surface area contributed by atoms with Crippen molar-refractivity contribution >= 4 is 27.3 Å². The maximum atomic E-state index is 12.4. The van der Waals surface area contributed by atoms with Crippen molar-refractivity contribution < 1.29 is 13.2 Å². The van der Waals surface area contributed by atoms with Gasteiger partial charge in [0.1, 0.15) is 0 Å². The molecule has 0 radical (unpaired) electrons. The highest BCUT2D eigenvalue weighted by atomic mass is 32.2. The summed E-state index contributed by atoms with van der Waals surface area (Å²) in [5.41, 5.74) is 0.362. The Bertz CT molecular complexity index is 812. The number of nitrogens with one attached hydrogen (secondary N) is 2. The second-order valence-corrected chi connectivity index (χ2v) is 8.83. The van der Waals surface area contributed by atoms with E-state index in [1.54, 1.807) is 12.1 Å². The van der Waals surface area contributed by atoms with Crippen LogP contribution in [0.4, 0.5) is 0 Å². The summed E-state index contributed by atoms with van der Waals surface area (Å²) < 4.78 is 27.4. The summed E-state index contributed by atoms with van der Waals surface area (Å²) >= 11 is 1.49. The normalized spacial score (nSPS) is 15.9. The van der Waals surface area contributed by atoms with E-state index in [-0.39, 0.29) is 23.4 Å². The Kier molecular flexibility index (Phi) is 5.03. The minimum Gasteiger partial charge on any atom is -0.349 e. The van der Waals surface area contributed by atoms with Crippen LogP contribution in [0.25, 0.3) is 0 Å². The Morgan fingerprint density at radius 1 is 1.29 bits per heavy atom. The Labute approximate surface area is 146 Å². The molecule has 0 bridgehead atoms. The molecule has 1 atom stereocenters. The average molecular weight is 364 g/mol. The predicted molar refractivity (Wildman–Crippen MR) is 94.4 cm³/mol. The van der Waals surface area contributed by atoms with Gasteiger partial charge in [0.05, 0.1) is 4.90 Å². The molecule has 1 aromatic carbocycles. The Balaban J connectivity index is 1.70. The van der Waals surface area contributed by atoms with E-state index in [1.807, 2.05) is 24.4 Å². The maximum absolute atomic E-state index is 12.4. The van der Waals surface area contributed by atoms with Crippen molar-refractivity contribution in [2.45, 2.75) is 37.2 Å². The molecule has 1 aliphatic rings. The van der Waals surface area contributed by atoms with Gasteiger partial charge in [0.2, 0.25) is 10.0 Å². The zero-order valence-electron chi connectivity index (χ0n) is 13.4. The number of sulfonamides is 1. The van der Waals surface area contributed by atoms with Crippen molar-refractivity contribution in [1.29, 1.82) is 0 Å². The van der Waals surface area contributed by atoms with E-state index in [9.17, 15) is 13.2 Å². The molecule has 0 aliphatic heterocycles. The van der Waals surface area contributed by atoms with E-state index in [1.165, 1.54) is 23.5 Å². The van der Waals surface area contributed by atoms with Crippen LogP contribution in [0.1, 0.15) is 35.0 Å². The Morgan fingerprint density at radius 2 is 2.08 bits per heavy atom. The molecule has 1 fully saturated rings. The molecule has 7 heteroatoms. The van der Waals surface area contributed by atoms with Crippen LogP contribution in [-0.2, 0) is 16.6 Å². The Morgan fingerprint density at radius 3 is 2.75 bits per heavy atom.